The molecule has 10 heteroatoms. The van der Waals surface area contributed by atoms with Crippen LogP contribution in [0.4, 0.5) is 31.4 Å². The number of benzene rings is 2. The Bertz CT molecular complexity index is 1250. The van der Waals surface area contributed by atoms with Gasteiger partial charge in [-0.2, -0.15) is 0 Å². The van der Waals surface area contributed by atoms with Crippen LogP contribution >= 0.6 is 11.3 Å². The molecule has 8 nitrogen and oxygen atoms in total. The largest absolute Gasteiger partial charge is 0.444 e. The molecule has 1 heterocycles. The molecule has 2 aromatic carbocycles. The zero-order valence-corrected chi connectivity index (χ0v) is 20.5. The molecule has 0 radical (unpaired) electrons. The minimum Gasteiger partial charge on any atom is -0.444 e. The Balaban J connectivity index is 1.72. The van der Waals surface area contributed by atoms with E-state index in [1.165, 1.54) is 41.4 Å². The molecule has 0 saturated carbocycles. The van der Waals surface area contributed by atoms with E-state index in [2.05, 4.69) is 15.6 Å². The maximum absolute atomic E-state index is 13.8. The van der Waals surface area contributed by atoms with Crippen molar-refractivity contribution in [1.82, 2.24) is 4.98 Å². The lowest BCUT2D eigenvalue weighted by Crippen LogP contribution is -2.27. The predicted octanol–water partition coefficient (Wildman–Crippen LogP) is 5.97. The fourth-order valence-electron chi connectivity index (χ4n) is 2.94. The molecule has 0 atom stereocenters. The summed E-state index contributed by atoms with van der Waals surface area (Å²) in [6.45, 7) is 6.58. The summed E-state index contributed by atoms with van der Waals surface area (Å²) in [5, 5.41) is 7.20. The quantitative estimate of drug-likeness (QED) is 0.410. The molecule has 182 valence electrons. The van der Waals surface area contributed by atoms with Gasteiger partial charge in [-0.15, -0.1) is 11.3 Å². The van der Waals surface area contributed by atoms with E-state index in [1.807, 2.05) is 18.2 Å². The highest BCUT2D eigenvalue weighted by Gasteiger charge is 2.19. The van der Waals surface area contributed by atoms with E-state index < -0.39 is 23.4 Å². The number of anilines is 4. The highest BCUT2D eigenvalue weighted by atomic mass is 32.1. The van der Waals surface area contributed by atoms with Crippen LogP contribution in [0.25, 0.3) is 6.08 Å². The van der Waals surface area contributed by atoms with Crippen LogP contribution in [0.15, 0.2) is 60.0 Å². The highest BCUT2D eigenvalue weighted by Crippen LogP contribution is 2.29. The molecule has 0 aliphatic heterocycles. The number of ether oxygens (including phenoxy) is 1. The third-order valence-corrected chi connectivity index (χ3v) is 5.15. The van der Waals surface area contributed by atoms with Crippen LogP contribution in [0.2, 0.25) is 0 Å². The van der Waals surface area contributed by atoms with Crippen LogP contribution < -0.4 is 15.5 Å². The van der Waals surface area contributed by atoms with Crippen molar-refractivity contribution in [3.63, 3.8) is 0 Å². The van der Waals surface area contributed by atoms with Crippen LogP contribution in [-0.4, -0.2) is 28.5 Å². The summed E-state index contributed by atoms with van der Waals surface area (Å²) in [5.41, 5.74) is 0.670. The van der Waals surface area contributed by atoms with Gasteiger partial charge in [0.25, 0.3) is 0 Å². The summed E-state index contributed by atoms with van der Waals surface area (Å²) < 4.78 is 19.0. The Morgan fingerprint density at radius 1 is 1.06 bits per heavy atom. The van der Waals surface area contributed by atoms with Gasteiger partial charge in [0.15, 0.2) is 5.13 Å². The lowest BCUT2D eigenvalue weighted by molar-refractivity contribution is -0.116. The van der Waals surface area contributed by atoms with Gasteiger partial charge in [-0.3, -0.25) is 19.8 Å². The summed E-state index contributed by atoms with van der Waals surface area (Å²) in [5.74, 6) is -1.35. The third kappa shape index (κ3) is 7.47. The SMILES string of the molecule is CC(=O)N(c1ccccc1)c1nc(/C=C/C(=O)Nc2cc(F)ccc2NC(=O)OC(C)(C)C)cs1. The molecule has 0 aliphatic rings. The number of nitrogens with one attached hydrogen (secondary N) is 2. The average Bonchev–Trinajstić information content (AvgIpc) is 3.22. The van der Waals surface area contributed by atoms with Crippen LogP contribution in [0, 0.1) is 5.82 Å². The molecule has 1 aromatic heterocycles. The maximum atomic E-state index is 13.8. The van der Waals surface area contributed by atoms with Crippen molar-refractivity contribution >= 4 is 57.5 Å². The van der Waals surface area contributed by atoms with Crippen molar-refractivity contribution in [1.29, 1.82) is 0 Å². The lowest BCUT2D eigenvalue weighted by atomic mass is 10.2. The van der Waals surface area contributed by atoms with Gasteiger partial charge in [0.1, 0.15) is 11.4 Å². The van der Waals surface area contributed by atoms with Crippen molar-refractivity contribution in [2.24, 2.45) is 0 Å². The monoisotopic (exact) mass is 496 g/mol. The minimum absolute atomic E-state index is 0.0660. The van der Waals surface area contributed by atoms with Gasteiger partial charge in [-0.1, -0.05) is 18.2 Å². The van der Waals surface area contributed by atoms with E-state index in [0.717, 1.165) is 12.1 Å². The Labute approximate surface area is 206 Å². The van der Waals surface area contributed by atoms with E-state index in [1.54, 1.807) is 38.3 Å². The van der Waals surface area contributed by atoms with Crippen molar-refractivity contribution in [3.05, 3.63) is 71.5 Å². The first kappa shape index (κ1) is 25.6. The third-order valence-electron chi connectivity index (χ3n) is 4.31. The Hall–Kier alpha value is -4.05. The number of amides is 3. The smallest absolute Gasteiger partial charge is 0.412 e. The van der Waals surface area contributed by atoms with Gasteiger partial charge in [-0.25, -0.2) is 14.2 Å². The Kier molecular flexibility index (Phi) is 7.98. The second kappa shape index (κ2) is 10.9. The number of carbonyl (C=O) groups is 3. The van der Waals surface area contributed by atoms with Crippen LogP contribution in [0.5, 0.6) is 0 Å². The molecule has 2 N–H and O–H groups in total. The first-order valence-corrected chi connectivity index (χ1v) is 11.5. The van der Waals surface area contributed by atoms with E-state index in [0.29, 0.717) is 16.5 Å². The average molecular weight is 497 g/mol. The number of halogens is 1. The fourth-order valence-corrected chi connectivity index (χ4v) is 3.79. The van der Waals surface area contributed by atoms with Crippen molar-refractivity contribution in [2.75, 3.05) is 15.5 Å². The van der Waals surface area contributed by atoms with Gasteiger partial charge in [0, 0.05) is 18.4 Å². The zero-order valence-electron chi connectivity index (χ0n) is 19.7. The fraction of sp³-hybridized carbons (Fsp3) is 0.200. The van der Waals surface area contributed by atoms with Crippen LogP contribution in [0.1, 0.15) is 33.4 Å². The zero-order chi connectivity index (χ0) is 25.6. The minimum atomic E-state index is -0.737. The summed E-state index contributed by atoms with van der Waals surface area (Å²) in [4.78, 5) is 42.6. The van der Waals surface area contributed by atoms with E-state index in [-0.39, 0.29) is 17.3 Å². The van der Waals surface area contributed by atoms with Crippen LogP contribution in [-0.2, 0) is 14.3 Å². The number of carbonyl (C=O) groups excluding carboxylic acids is 3. The molecular formula is C25H25FN4O4S. The van der Waals surface area contributed by atoms with Crippen LogP contribution in [0.3, 0.4) is 0 Å². The highest BCUT2D eigenvalue weighted by molar-refractivity contribution is 7.14. The van der Waals surface area contributed by atoms with Gasteiger partial charge < -0.3 is 10.1 Å². The van der Waals surface area contributed by atoms with Gasteiger partial charge in [0.2, 0.25) is 11.8 Å². The number of rotatable bonds is 6. The summed E-state index contributed by atoms with van der Waals surface area (Å²) >= 11 is 1.25. The molecule has 0 unspecified atom stereocenters. The van der Waals surface area contributed by atoms with E-state index in [4.69, 9.17) is 4.74 Å². The van der Waals surface area contributed by atoms with Crippen molar-refractivity contribution < 1.29 is 23.5 Å². The molecule has 0 spiro atoms. The topological polar surface area (TPSA) is 101 Å². The Morgan fingerprint density at radius 3 is 2.43 bits per heavy atom. The summed E-state index contributed by atoms with van der Waals surface area (Å²) in [6.07, 6.45) is 1.96. The van der Waals surface area contributed by atoms with E-state index >= 15 is 0 Å². The van der Waals surface area contributed by atoms with E-state index in [9.17, 15) is 18.8 Å². The molecule has 0 fully saturated rings. The number of hydrogen-bond acceptors (Lipinski definition) is 6. The summed E-state index contributed by atoms with van der Waals surface area (Å²) in [6, 6.07) is 12.7. The first-order valence-electron chi connectivity index (χ1n) is 10.6. The Morgan fingerprint density at radius 2 is 1.77 bits per heavy atom. The number of para-hydroxylation sites is 1. The van der Waals surface area contributed by atoms with Crippen molar-refractivity contribution in [3.8, 4) is 0 Å². The molecule has 35 heavy (non-hydrogen) atoms. The second-order valence-electron chi connectivity index (χ2n) is 8.38. The summed E-state index contributed by atoms with van der Waals surface area (Å²) in [7, 11) is 0. The van der Waals surface area contributed by atoms with Gasteiger partial charge in [-0.05, 0) is 57.2 Å². The molecule has 0 bridgehead atoms. The predicted molar refractivity (Wildman–Crippen MR) is 135 cm³/mol. The molecule has 0 aliphatic carbocycles. The normalized spacial score (nSPS) is 11.2. The molecular weight excluding hydrogens is 471 g/mol. The maximum Gasteiger partial charge on any atom is 0.412 e. The number of nitrogens with zero attached hydrogens (tertiary/aromatic N) is 2. The van der Waals surface area contributed by atoms with Gasteiger partial charge >= 0.3 is 6.09 Å². The number of thiazole rings is 1. The van der Waals surface area contributed by atoms with Gasteiger partial charge in [0.05, 0.1) is 22.8 Å². The molecule has 0 saturated heterocycles. The molecule has 3 rings (SSSR count). The van der Waals surface area contributed by atoms with Crippen molar-refractivity contribution in [2.45, 2.75) is 33.3 Å². The number of hydrogen-bond donors (Lipinski definition) is 2. The standard InChI is InChI=1S/C25H25FN4O4S/c1-16(31)30(19-8-6-5-7-9-19)23-27-18(15-35-23)11-13-22(32)28-21-14-17(26)10-12-20(21)29-24(33)34-25(2,3)4/h5-15H,1-4H3,(H,28,32)(H,29,33)/b13-11+. The lowest BCUT2D eigenvalue weighted by Gasteiger charge is -2.20. The molecule has 3 amide bonds. The second-order valence-corrected chi connectivity index (χ2v) is 9.22. The molecule has 3 aromatic rings. The number of aromatic nitrogens is 1. The first-order chi connectivity index (χ1) is 16.5.